The monoisotopic (exact) mass is 242 g/mol. The van der Waals surface area contributed by atoms with Gasteiger partial charge in [-0.1, -0.05) is 0 Å². The maximum absolute atomic E-state index is 10.7. The Balaban J connectivity index is 2.99. The SMILES string of the molecule is C#CC(=O)COCCCNCCOCCNC. The topological polar surface area (TPSA) is 59.6 Å². The third-order valence-corrected chi connectivity index (χ3v) is 1.96. The molecule has 0 fully saturated rings. The van der Waals surface area contributed by atoms with E-state index in [-0.39, 0.29) is 12.4 Å². The molecule has 98 valence electrons. The van der Waals surface area contributed by atoms with Gasteiger partial charge in [-0.05, 0) is 25.9 Å². The molecule has 0 aromatic rings. The van der Waals surface area contributed by atoms with Gasteiger partial charge < -0.3 is 20.1 Å². The molecule has 0 rings (SSSR count). The highest BCUT2D eigenvalue weighted by Crippen LogP contribution is 1.82. The summed E-state index contributed by atoms with van der Waals surface area (Å²) in [5, 5.41) is 6.22. The molecule has 2 N–H and O–H groups in total. The third-order valence-electron chi connectivity index (χ3n) is 1.96. The lowest BCUT2D eigenvalue weighted by molar-refractivity contribution is -0.118. The minimum absolute atomic E-state index is 0.0175. The standard InChI is InChI=1S/C12H22N2O3/c1-3-12(15)11-17-8-4-5-14-7-10-16-9-6-13-2/h1,13-14H,4-11H2,2H3. The maximum Gasteiger partial charge on any atom is 0.230 e. The van der Waals surface area contributed by atoms with E-state index in [9.17, 15) is 4.79 Å². The van der Waals surface area contributed by atoms with Crippen LogP contribution in [0.2, 0.25) is 0 Å². The second-order valence-corrected chi connectivity index (χ2v) is 3.44. The molecule has 0 aliphatic heterocycles. The fourth-order valence-corrected chi connectivity index (χ4v) is 1.05. The Morgan fingerprint density at radius 3 is 2.65 bits per heavy atom. The van der Waals surface area contributed by atoms with Crippen LogP contribution in [-0.2, 0) is 14.3 Å². The van der Waals surface area contributed by atoms with Crippen molar-refractivity contribution < 1.29 is 14.3 Å². The van der Waals surface area contributed by atoms with Gasteiger partial charge in [-0.25, -0.2) is 0 Å². The van der Waals surface area contributed by atoms with Crippen molar-refractivity contribution in [1.29, 1.82) is 0 Å². The second kappa shape index (κ2) is 13.1. The summed E-state index contributed by atoms with van der Waals surface area (Å²) >= 11 is 0. The molecule has 0 aliphatic carbocycles. The average Bonchev–Trinajstić information content (AvgIpc) is 2.35. The summed E-state index contributed by atoms with van der Waals surface area (Å²) < 4.78 is 10.4. The van der Waals surface area contributed by atoms with Gasteiger partial charge in [-0.2, -0.15) is 0 Å². The molecule has 0 spiro atoms. The molecule has 17 heavy (non-hydrogen) atoms. The highest BCUT2D eigenvalue weighted by atomic mass is 16.5. The van der Waals surface area contributed by atoms with Crippen LogP contribution in [0.5, 0.6) is 0 Å². The number of Topliss-reactive ketones (excluding diaryl/α,β-unsaturated/α-hetero) is 1. The molecule has 0 bridgehead atoms. The van der Waals surface area contributed by atoms with E-state index in [2.05, 4.69) is 10.6 Å². The van der Waals surface area contributed by atoms with Crippen molar-refractivity contribution in [3.8, 4) is 12.3 Å². The molecule has 0 unspecified atom stereocenters. The lowest BCUT2D eigenvalue weighted by Gasteiger charge is -2.06. The first-order chi connectivity index (χ1) is 8.31. The first kappa shape index (κ1) is 16.1. The van der Waals surface area contributed by atoms with Crippen molar-refractivity contribution in [3.05, 3.63) is 0 Å². The molecule has 0 aromatic carbocycles. The molecule has 0 amide bonds. The maximum atomic E-state index is 10.7. The predicted octanol–water partition coefficient (Wildman–Crippen LogP) is -0.579. The van der Waals surface area contributed by atoms with Crippen molar-refractivity contribution in [2.24, 2.45) is 0 Å². The first-order valence-corrected chi connectivity index (χ1v) is 5.81. The van der Waals surface area contributed by atoms with E-state index in [0.717, 1.165) is 32.7 Å². The van der Waals surface area contributed by atoms with Gasteiger partial charge in [-0.3, -0.25) is 4.79 Å². The molecule has 0 atom stereocenters. The highest BCUT2D eigenvalue weighted by Gasteiger charge is 1.95. The van der Waals surface area contributed by atoms with Gasteiger partial charge in [0, 0.05) is 19.7 Å². The molecule has 0 aliphatic rings. The van der Waals surface area contributed by atoms with Crippen LogP contribution in [0.4, 0.5) is 0 Å². The smallest absolute Gasteiger partial charge is 0.230 e. The molecule has 0 radical (unpaired) electrons. The van der Waals surface area contributed by atoms with Crippen molar-refractivity contribution in [1.82, 2.24) is 10.6 Å². The molecule has 5 nitrogen and oxygen atoms in total. The van der Waals surface area contributed by atoms with Gasteiger partial charge in [0.05, 0.1) is 13.2 Å². The largest absolute Gasteiger partial charge is 0.379 e. The summed E-state index contributed by atoms with van der Waals surface area (Å²) in [7, 11) is 1.90. The zero-order chi connectivity index (χ0) is 12.8. The summed E-state index contributed by atoms with van der Waals surface area (Å²) in [6, 6.07) is 0. The van der Waals surface area contributed by atoms with Crippen LogP contribution in [-0.4, -0.2) is 58.9 Å². The fraction of sp³-hybridized carbons (Fsp3) is 0.750. The number of hydrogen-bond donors (Lipinski definition) is 2. The van der Waals surface area contributed by atoms with Crippen LogP contribution in [0.3, 0.4) is 0 Å². The van der Waals surface area contributed by atoms with E-state index >= 15 is 0 Å². The Morgan fingerprint density at radius 2 is 1.94 bits per heavy atom. The van der Waals surface area contributed by atoms with Crippen LogP contribution < -0.4 is 10.6 Å². The van der Waals surface area contributed by atoms with Crippen molar-refractivity contribution in [3.63, 3.8) is 0 Å². The number of ketones is 1. The number of rotatable bonds is 12. The lowest BCUT2D eigenvalue weighted by Crippen LogP contribution is -2.24. The zero-order valence-electron chi connectivity index (χ0n) is 10.5. The van der Waals surface area contributed by atoms with Gasteiger partial charge in [0.2, 0.25) is 5.78 Å². The van der Waals surface area contributed by atoms with E-state index in [4.69, 9.17) is 15.9 Å². The van der Waals surface area contributed by atoms with Crippen LogP contribution >= 0.6 is 0 Å². The average molecular weight is 242 g/mol. The van der Waals surface area contributed by atoms with Gasteiger partial charge in [-0.15, -0.1) is 6.42 Å². The predicted molar refractivity (Wildman–Crippen MR) is 66.9 cm³/mol. The van der Waals surface area contributed by atoms with Crippen LogP contribution in [0.15, 0.2) is 0 Å². The van der Waals surface area contributed by atoms with E-state index in [0.29, 0.717) is 13.2 Å². The summed E-state index contributed by atoms with van der Waals surface area (Å²) in [5.74, 6) is 1.69. The Hall–Kier alpha value is -0.930. The molecular weight excluding hydrogens is 220 g/mol. The van der Waals surface area contributed by atoms with E-state index in [1.54, 1.807) is 0 Å². The Kier molecular flexibility index (Phi) is 12.4. The number of ether oxygens (including phenoxy) is 2. The number of carbonyl (C=O) groups is 1. The van der Waals surface area contributed by atoms with Gasteiger partial charge in [0.15, 0.2) is 0 Å². The Bertz CT molecular complexity index is 226. The summed E-state index contributed by atoms with van der Waals surface area (Å²) in [6.45, 7) is 4.54. The number of terminal acetylenes is 1. The van der Waals surface area contributed by atoms with Gasteiger partial charge >= 0.3 is 0 Å². The molecule has 0 heterocycles. The third kappa shape index (κ3) is 13.0. The first-order valence-electron chi connectivity index (χ1n) is 5.81. The zero-order valence-corrected chi connectivity index (χ0v) is 10.5. The number of carbonyl (C=O) groups excluding carboxylic acids is 1. The minimum Gasteiger partial charge on any atom is -0.379 e. The van der Waals surface area contributed by atoms with Crippen LogP contribution in [0, 0.1) is 12.3 Å². The van der Waals surface area contributed by atoms with Crippen molar-refractivity contribution >= 4 is 5.78 Å². The van der Waals surface area contributed by atoms with Crippen molar-refractivity contribution in [2.45, 2.75) is 6.42 Å². The van der Waals surface area contributed by atoms with Crippen LogP contribution in [0.1, 0.15) is 6.42 Å². The lowest BCUT2D eigenvalue weighted by atomic mass is 10.4. The summed E-state index contributed by atoms with van der Waals surface area (Å²) in [4.78, 5) is 10.7. The minimum atomic E-state index is -0.309. The van der Waals surface area contributed by atoms with E-state index in [1.165, 1.54) is 0 Å². The van der Waals surface area contributed by atoms with Gasteiger partial charge in [0.25, 0.3) is 0 Å². The molecule has 0 saturated heterocycles. The van der Waals surface area contributed by atoms with Crippen molar-refractivity contribution in [2.75, 3.05) is 53.1 Å². The highest BCUT2D eigenvalue weighted by molar-refractivity contribution is 5.95. The second-order valence-electron chi connectivity index (χ2n) is 3.44. The van der Waals surface area contributed by atoms with E-state index < -0.39 is 0 Å². The number of nitrogens with one attached hydrogen (secondary N) is 2. The molecule has 5 heteroatoms. The summed E-state index contributed by atoms with van der Waals surface area (Å²) in [5.41, 5.74) is 0. The van der Waals surface area contributed by atoms with E-state index in [1.807, 2.05) is 13.0 Å². The Labute approximate surface area is 103 Å². The quantitative estimate of drug-likeness (QED) is 0.272. The Morgan fingerprint density at radius 1 is 1.18 bits per heavy atom. The summed E-state index contributed by atoms with van der Waals surface area (Å²) in [6.07, 6.45) is 5.75. The molecule has 0 aromatic heterocycles. The van der Waals surface area contributed by atoms with Crippen LogP contribution in [0.25, 0.3) is 0 Å². The fourth-order valence-electron chi connectivity index (χ4n) is 1.05. The number of likely N-dealkylation sites (N-methyl/N-ethyl adjacent to an activating group) is 1. The molecular formula is C12H22N2O3. The normalized spacial score (nSPS) is 10.1. The molecule has 0 saturated carbocycles. The van der Waals surface area contributed by atoms with Gasteiger partial charge in [0.1, 0.15) is 6.61 Å². The number of hydrogen-bond acceptors (Lipinski definition) is 5.